The molecule has 0 radical (unpaired) electrons. The molecule has 0 unspecified atom stereocenters. The molecule has 0 saturated carbocycles. The van der Waals surface area contributed by atoms with Gasteiger partial charge in [-0.1, -0.05) is 54.3 Å². The second-order valence-electron chi connectivity index (χ2n) is 5.40. The first-order valence-corrected chi connectivity index (χ1v) is 8.85. The zero-order chi connectivity index (χ0) is 17.8. The van der Waals surface area contributed by atoms with Gasteiger partial charge in [-0.05, 0) is 29.3 Å². The predicted octanol–water partition coefficient (Wildman–Crippen LogP) is 4.11. The first-order valence-electron chi connectivity index (χ1n) is 7.63. The fourth-order valence-electron chi connectivity index (χ4n) is 2.47. The molecule has 3 rings (SSSR count). The number of hydrogen-bond acceptors (Lipinski definition) is 5. The van der Waals surface area contributed by atoms with Gasteiger partial charge in [-0.2, -0.15) is 0 Å². The molecule has 0 atom stereocenters. The number of nitrogens with zero attached hydrogens (tertiary/aromatic N) is 1. The number of thioether (sulfide) groups is 1. The standard InChI is InChI=1S/C19H17NO3S2/c1-22-15-8-14(9-16(11-15)23-2)10-17-18(21)20(19(24)25-17)12-13-6-4-3-5-7-13/h3-11H,12H2,1-2H3. The van der Waals surface area contributed by atoms with E-state index in [2.05, 4.69) is 0 Å². The van der Waals surface area contributed by atoms with Crippen LogP contribution in [0.15, 0.2) is 53.4 Å². The summed E-state index contributed by atoms with van der Waals surface area (Å²) < 4.78 is 11.1. The Morgan fingerprint density at radius 2 is 1.72 bits per heavy atom. The fraction of sp³-hybridized carbons (Fsp3) is 0.158. The molecule has 1 fully saturated rings. The van der Waals surface area contributed by atoms with Crippen molar-refractivity contribution in [2.45, 2.75) is 6.54 Å². The van der Waals surface area contributed by atoms with E-state index in [0.29, 0.717) is 27.3 Å². The molecule has 2 aromatic carbocycles. The van der Waals surface area contributed by atoms with Crippen LogP contribution in [0.3, 0.4) is 0 Å². The van der Waals surface area contributed by atoms with Crippen LogP contribution in [0.5, 0.6) is 11.5 Å². The minimum Gasteiger partial charge on any atom is -0.497 e. The Morgan fingerprint density at radius 3 is 2.32 bits per heavy atom. The molecule has 6 heteroatoms. The molecule has 25 heavy (non-hydrogen) atoms. The van der Waals surface area contributed by atoms with Crippen LogP contribution in [0, 0.1) is 0 Å². The highest BCUT2D eigenvalue weighted by Gasteiger charge is 2.31. The maximum Gasteiger partial charge on any atom is 0.266 e. The summed E-state index contributed by atoms with van der Waals surface area (Å²) in [6, 6.07) is 15.3. The summed E-state index contributed by atoms with van der Waals surface area (Å²) in [5, 5.41) is 0. The van der Waals surface area contributed by atoms with Crippen molar-refractivity contribution in [1.82, 2.24) is 4.90 Å². The molecular weight excluding hydrogens is 354 g/mol. The first-order chi connectivity index (χ1) is 12.1. The highest BCUT2D eigenvalue weighted by molar-refractivity contribution is 8.26. The average Bonchev–Trinajstić information content (AvgIpc) is 2.89. The zero-order valence-corrected chi connectivity index (χ0v) is 15.5. The Balaban J connectivity index is 1.85. The highest BCUT2D eigenvalue weighted by Crippen LogP contribution is 2.34. The number of ether oxygens (including phenoxy) is 2. The fourth-order valence-corrected chi connectivity index (χ4v) is 3.72. The third-order valence-electron chi connectivity index (χ3n) is 3.73. The molecule has 128 valence electrons. The van der Waals surface area contributed by atoms with Gasteiger partial charge in [0.05, 0.1) is 25.7 Å². The van der Waals surface area contributed by atoms with Crippen LogP contribution in [-0.4, -0.2) is 29.3 Å². The maximum atomic E-state index is 12.7. The SMILES string of the molecule is COc1cc(C=C2SC(=S)N(Cc3ccccc3)C2=O)cc(OC)c1. The van der Waals surface area contributed by atoms with Crippen LogP contribution in [-0.2, 0) is 11.3 Å². The van der Waals surface area contributed by atoms with Crippen molar-refractivity contribution in [2.75, 3.05) is 14.2 Å². The average molecular weight is 371 g/mol. The number of hydrogen-bond donors (Lipinski definition) is 0. The Bertz CT molecular complexity index is 812. The largest absolute Gasteiger partial charge is 0.497 e. The lowest BCUT2D eigenvalue weighted by Crippen LogP contribution is -2.27. The van der Waals surface area contributed by atoms with Crippen LogP contribution >= 0.6 is 24.0 Å². The molecule has 1 aliphatic heterocycles. The van der Waals surface area contributed by atoms with E-state index in [9.17, 15) is 4.79 Å². The number of benzene rings is 2. The van der Waals surface area contributed by atoms with Gasteiger partial charge < -0.3 is 9.47 Å². The van der Waals surface area contributed by atoms with Crippen molar-refractivity contribution in [3.63, 3.8) is 0 Å². The molecular formula is C19H17NO3S2. The van der Waals surface area contributed by atoms with E-state index < -0.39 is 0 Å². The van der Waals surface area contributed by atoms with Gasteiger partial charge in [0.15, 0.2) is 0 Å². The van der Waals surface area contributed by atoms with Crippen molar-refractivity contribution in [2.24, 2.45) is 0 Å². The molecule has 0 spiro atoms. The predicted molar refractivity (Wildman–Crippen MR) is 105 cm³/mol. The quantitative estimate of drug-likeness (QED) is 0.584. The van der Waals surface area contributed by atoms with E-state index in [1.54, 1.807) is 25.2 Å². The second kappa shape index (κ2) is 7.72. The van der Waals surface area contributed by atoms with Gasteiger partial charge in [-0.15, -0.1) is 0 Å². The Hall–Kier alpha value is -2.31. The molecule has 0 bridgehead atoms. The third kappa shape index (κ3) is 4.03. The summed E-state index contributed by atoms with van der Waals surface area (Å²) in [6.07, 6.45) is 1.81. The Kier molecular flexibility index (Phi) is 5.40. The van der Waals surface area contributed by atoms with Gasteiger partial charge >= 0.3 is 0 Å². The number of carbonyl (C=O) groups is 1. The van der Waals surface area contributed by atoms with Crippen molar-refractivity contribution >= 4 is 40.3 Å². The van der Waals surface area contributed by atoms with Crippen LogP contribution in [0.25, 0.3) is 6.08 Å². The summed E-state index contributed by atoms with van der Waals surface area (Å²) in [6.45, 7) is 0.476. The van der Waals surface area contributed by atoms with Crippen molar-refractivity contribution in [1.29, 1.82) is 0 Å². The van der Waals surface area contributed by atoms with E-state index in [0.717, 1.165) is 11.1 Å². The van der Waals surface area contributed by atoms with Crippen LogP contribution in [0.4, 0.5) is 0 Å². The van der Waals surface area contributed by atoms with E-state index in [4.69, 9.17) is 21.7 Å². The van der Waals surface area contributed by atoms with Crippen LogP contribution in [0.2, 0.25) is 0 Å². The molecule has 1 saturated heterocycles. The van der Waals surface area contributed by atoms with Gasteiger partial charge in [0.2, 0.25) is 0 Å². The minimum absolute atomic E-state index is 0.0827. The van der Waals surface area contributed by atoms with E-state index >= 15 is 0 Å². The van der Waals surface area contributed by atoms with Gasteiger partial charge in [0.25, 0.3) is 5.91 Å². The van der Waals surface area contributed by atoms with E-state index in [-0.39, 0.29) is 5.91 Å². The Labute approximate surface area is 156 Å². The molecule has 0 aromatic heterocycles. The smallest absolute Gasteiger partial charge is 0.266 e. The van der Waals surface area contributed by atoms with Crippen molar-refractivity contribution in [3.05, 3.63) is 64.6 Å². The lowest BCUT2D eigenvalue weighted by Gasteiger charge is -2.14. The lowest BCUT2D eigenvalue weighted by atomic mass is 10.1. The summed E-state index contributed by atoms with van der Waals surface area (Å²) >= 11 is 6.70. The topological polar surface area (TPSA) is 38.8 Å². The first kappa shape index (κ1) is 17.5. The summed E-state index contributed by atoms with van der Waals surface area (Å²) in [5.41, 5.74) is 1.87. The normalized spacial score (nSPS) is 15.8. The van der Waals surface area contributed by atoms with Crippen molar-refractivity contribution in [3.8, 4) is 11.5 Å². The maximum absolute atomic E-state index is 12.7. The number of methoxy groups -OCH3 is 2. The van der Waals surface area contributed by atoms with Crippen molar-refractivity contribution < 1.29 is 14.3 Å². The molecule has 1 heterocycles. The van der Waals surface area contributed by atoms with Crippen LogP contribution in [0.1, 0.15) is 11.1 Å². The Morgan fingerprint density at radius 1 is 1.08 bits per heavy atom. The molecule has 0 aliphatic carbocycles. The summed E-state index contributed by atoms with van der Waals surface area (Å²) in [5.74, 6) is 1.26. The van der Waals surface area contributed by atoms with Gasteiger partial charge in [0, 0.05) is 6.07 Å². The molecule has 0 N–H and O–H groups in total. The van der Waals surface area contributed by atoms with E-state index in [1.807, 2.05) is 48.5 Å². The number of amides is 1. The minimum atomic E-state index is -0.0827. The molecule has 4 nitrogen and oxygen atoms in total. The monoisotopic (exact) mass is 371 g/mol. The molecule has 2 aromatic rings. The van der Waals surface area contributed by atoms with E-state index in [1.165, 1.54) is 11.8 Å². The zero-order valence-electron chi connectivity index (χ0n) is 13.9. The van der Waals surface area contributed by atoms with Crippen LogP contribution < -0.4 is 9.47 Å². The third-order valence-corrected chi connectivity index (χ3v) is 5.11. The highest BCUT2D eigenvalue weighted by atomic mass is 32.2. The number of rotatable bonds is 5. The number of carbonyl (C=O) groups excluding carboxylic acids is 1. The molecule has 1 aliphatic rings. The summed E-state index contributed by atoms with van der Waals surface area (Å²) in [7, 11) is 3.19. The number of thiocarbonyl (C=S) groups is 1. The van der Waals surface area contributed by atoms with Gasteiger partial charge in [0.1, 0.15) is 15.8 Å². The molecule has 1 amide bonds. The van der Waals surface area contributed by atoms with Gasteiger partial charge in [-0.3, -0.25) is 9.69 Å². The summed E-state index contributed by atoms with van der Waals surface area (Å²) in [4.78, 5) is 14.9. The second-order valence-corrected chi connectivity index (χ2v) is 7.08. The van der Waals surface area contributed by atoms with Gasteiger partial charge in [-0.25, -0.2) is 0 Å². The lowest BCUT2D eigenvalue weighted by molar-refractivity contribution is -0.122.